The van der Waals surface area contributed by atoms with Crippen LogP contribution in [-0.4, -0.2) is 41.3 Å². The quantitative estimate of drug-likeness (QED) is 0.848. The first kappa shape index (κ1) is 17.6. The minimum atomic E-state index is -0.787. The second-order valence-corrected chi connectivity index (χ2v) is 6.90. The largest absolute Gasteiger partial charge is 0.485 e. The number of piperidine rings is 1. The van der Waals surface area contributed by atoms with Crippen molar-refractivity contribution in [2.24, 2.45) is 0 Å². The number of β-amino-alcohol motifs (C(OH)–C–C–N with tert-alkyl or cyclic N) is 1. The molecular weight excluding hydrogens is 356 g/mol. The van der Waals surface area contributed by atoms with Gasteiger partial charge in [0, 0.05) is 23.1 Å². The molecule has 0 bridgehead atoms. The Morgan fingerprint density at radius 3 is 2.36 bits per heavy atom. The number of likely N-dealkylation sites (tertiary alicyclic amines) is 1. The van der Waals surface area contributed by atoms with Crippen molar-refractivity contribution in [1.82, 2.24) is 4.90 Å². The van der Waals surface area contributed by atoms with Gasteiger partial charge in [-0.2, -0.15) is 0 Å². The van der Waals surface area contributed by atoms with Crippen LogP contribution in [0.4, 0.5) is 8.78 Å². The SMILES string of the molecule is C[C@@H]1CCC[C@@H](C)N1C[C@H](O)COc1c(F)cc(Br)cc1F. The van der Waals surface area contributed by atoms with Gasteiger partial charge in [-0.1, -0.05) is 22.4 Å². The summed E-state index contributed by atoms with van der Waals surface area (Å²) >= 11 is 3.01. The van der Waals surface area contributed by atoms with Gasteiger partial charge in [0.15, 0.2) is 17.4 Å². The normalized spacial score (nSPS) is 24.3. The molecule has 1 aromatic carbocycles. The van der Waals surface area contributed by atoms with Crippen molar-refractivity contribution in [2.75, 3.05) is 13.2 Å². The Morgan fingerprint density at radius 2 is 1.82 bits per heavy atom. The average Bonchev–Trinajstić information content (AvgIpc) is 2.42. The van der Waals surface area contributed by atoms with Crippen LogP contribution in [-0.2, 0) is 0 Å². The van der Waals surface area contributed by atoms with Crippen molar-refractivity contribution < 1.29 is 18.6 Å². The topological polar surface area (TPSA) is 32.7 Å². The molecule has 1 saturated heterocycles. The van der Waals surface area contributed by atoms with Gasteiger partial charge < -0.3 is 9.84 Å². The lowest BCUT2D eigenvalue weighted by molar-refractivity contribution is 0.0195. The molecule has 0 saturated carbocycles. The third-order valence-electron chi connectivity index (χ3n) is 4.18. The molecule has 0 amide bonds. The molecule has 1 aliphatic heterocycles. The highest BCUT2D eigenvalue weighted by Gasteiger charge is 2.26. The van der Waals surface area contributed by atoms with Gasteiger partial charge in [-0.15, -0.1) is 0 Å². The highest BCUT2D eigenvalue weighted by Crippen LogP contribution is 2.26. The Bertz CT molecular complexity index is 482. The number of rotatable bonds is 5. The number of aliphatic hydroxyl groups is 1. The summed E-state index contributed by atoms with van der Waals surface area (Å²) in [5, 5.41) is 10.1. The summed E-state index contributed by atoms with van der Waals surface area (Å²) in [6.45, 7) is 4.59. The van der Waals surface area contributed by atoms with Gasteiger partial charge in [0.25, 0.3) is 0 Å². The van der Waals surface area contributed by atoms with Gasteiger partial charge in [0.1, 0.15) is 12.7 Å². The molecule has 1 aliphatic rings. The van der Waals surface area contributed by atoms with Crippen molar-refractivity contribution in [1.29, 1.82) is 0 Å². The summed E-state index contributed by atoms with van der Waals surface area (Å²) in [6, 6.07) is 3.08. The van der Waals surface area contributed by atoms with Crippen LogP contribution >= 0.6 is 15.9 Å². The second kappa shape index (κ2) is 7.70. The van der Waals surface area contributed by atoms with E-state index in [1.54, 1.807) is 0 Å². The summed E-state index contributed by atoms with van der Waals surface area (Å²) in [5.74, 6) is -2.00. The molecule has 3 atom stereocenters. The summed E-state index contributed by atoms with van der Waals surface area (Å²) in [7, 11) is 0. The van der Waals surface area contributed by atoms with Crippen molar-refractivity contribution in [3.05, 3.63) is 28.2 Å². The fourth-order valence-corrected chi connectivity index (χ4v) is 3.38. The lowest BCUT2D eigenvalue weighted by atomic mass is 9.97. The van der Waals surface area contributed by atoms with Crippen molar-refractivity contribution in [3.63, 3.8) is 0 Å². The predicted octanol–water partition coefficient (Wildman–Crippen LogP) is 3.73. The molecular formula is C16H22BrF2NO2. The Labute approximate surface area is 138 Å². The maximum atomic E-state index is 13.7. The summed E-state index contributed by atoms with van der Waals surface area (Å²) < 4.78 is 32.8. The molecule has 1 heterocycles. The zero-order valence-corrected chi connectivity index (χ0v) is 14.4. The fraction of sp³-hybridized carbons (Fsp3) is 0.625. The molecule has 22 heavy (non-hydrogen) atoms. The fourth-order valence-electron chi connectivity index (χ4n) is 2.98. The smallest absolute Gasteiger partial charge is 0.190 e. The van der Waals surface area contributed by atoms with Crippen LogP contribution in [0.3, 0.4) is 0 Å². The first-order valence-electron chi connectivity index (χ1n) is 7.59. The van der Waals surface area contributed by atoms with E-state index in [0.717, 1.165) is 25.0 Å². The summed E-state index contributed by atoms with van der Waals surface area (Å²) in [6.07, 6.45) is 2.62. The van der Waals surface area contributed by atoms with Crippen molar-refractivity contribution in [3.8, 4) is 5.75 Å². The standard InChI is InChI=1S/C16H22BrF2NO2/c1-10-4-3-5-11(2)20(10)8-13(21)9-22-16-14(18)6-12(17)7-15(16)19/h6-7,10-11,13,21H,3-5,8-9H2,1-2H3/t10-,11-,13+/m1/s1. The number of nitrogens with zero attached hydrogens (tertiary/aromatic N) is 1. The van der Waals surface area contributed by atoms with Crippen LogP contribution in [0.5, 0.6) is 5.75 Å². The van der Waals surface area contributed by atoms with Gasteiger partial charge in [-0.25, -0.2) is 8.78 Å². The Balaban J connectivity index is 1.91. The Morgan fingerprint density at radius 1 is 1.27 bits per heavy atom. The molecule has 1 aromatic rings. The highest BCUT2D eigenvalue weighted by atomic mass is 79.9. The van der Waals surface area contributed by atoms with E-state index in [2.05, 4.69) is 34.7 Å². The Hall–Kier alpha value is -0.720. The predicted molar refractivity (Wildman–Crippen MR) is 85.0 cm³/mol. The number of hydrogen-bond acceptors (Lipinski definition) is 3. The maximum Gasteiger partial charge on any atom is 0.190 e. The third kappa shape index (κ3) is 4.40. The van der Waals surface area contributed by atoms with Crippen molar-refractivity contribution in [2.45, 2.75) is 51.3 Å². The number of hydrogen-bond donors (Lipinski definition) is 1. The monoisotopic (exact) mass is 377 g/mol. The molecule has 124 valence electrons. The van der Waals surface area contributed by atoms with Crippen LogP contribution < -0.4 is 4.74 Å². The maximum absolute atomic E-state index is 13.7. The molecule has 6 heteroatoms. The van der Waals surface area contributed by atoms with E-state index in [4.69, 9.17) is 4.74 Å². The van der Waals surface area contributed by atoms with Gasteiger partial charge in [0.05, 0.1) is 0 Å². The molecule has 0 aromatic heterocycles. The molecule has 0 aliphatic carbocycles. The molecule has 0 spiro atoms. The zero-order chi connectivity index (χ0) is 16.3. The molecule has 1 N–H and O–H groups in total. The van der Waals surface area contributed by atoms with Crippen LogP contribution in [0.1, 0.15) is 33.1 Å². The van der Waals surface area contributed by atoms with Gasteiger partial charge in [0.2, 0.25) is 0 Å². The van der Waals surface area contributed by atoms with E-state index in [1.165, 1.54) is 6.42 Å². The second-order valence-electron chi connectivity index (χ2n) is 5.99. The lowest BCUT2D eigenvalue weighted by Crippen LogP contribution is -2.48. The van der Waals surface area contributed by atoms with E-state index in [0.29, 0.717) is 23.1 Å². The molecule has 1 fully saturated rings. The first-order valence-corrected chi connectivity index (χ1v) is 8.39. The minimum Gasteiger partial charge on any atom is -0.485 e. The van der Waals surface area contributed by atoms with E-state index < -0.39 is 23.5 Å². The van der Waals surface area contributed by atoms with E-state index in [-0.39, 0.29) is 6.61 Å². The number of ether oxygens (including phenoxy) is 1. The van der Waals surface area contributed by atoms with Crippen LogP contribution in [0.25, 0.3) is 0 Å². The molecule has 3 nitrogen and oxygen atoms in total. The number of halogens is 3. The molecule has 0 radical (unpaired) electrons. The van der Waals surface area contributed by atoms with Crippen LogP contribution in [0, 0.1) is 11.6 Å². The summed E-state index contributed by atoms with van der Waals surface area (Å²) in [4.78, 5) is 2.23. The molecule has 2 rings (SSSR count). The third-order valence-corrected chi connectivity index (χ3v) is 4.64. The van der Waals surface area contributed by atoms with Gasteiger partial charge in [-0.05, 0) is 38.8 Å². The highest BCUT2D eigenvalue weighted by molar-refractivity contribution is 9.10. The van der Waals surface area contributed by atoms with Gasteiger partial charge >= 0.3 is 0 Å². The van der Waals surface area contributed by atoms with E-state index >= 15 is 0 Å². The molecule has 0 unspecified atom stereocenters. The van der Waals surface area contributed by atoms with E-state index in [1.807, 2.05) is 0 Å². The van der Waals surface area contributed by atoms with Crippen LogP contribution in [0.2, 0.25) is 0 Å². The summed E-state index contributed by atoms with van der Waals surface area (Å²) in [5.41, 5.74) is 0. The lowest BCUT2D eigenvalue weighted by Gasteiger charge is -2.40. The van der Waals surface area contributed by atoms with E-state index in [9.17, 15) is 13.9 Å². The average molecular weight is 378 g/mol. The minimum absolute atomic E-state index is 0.134. The zero-order valence-electron chi connectivity index (χ0n) is 12.9. The number of aliphatic hydroxyl groups excluding tert-OH is 1. The van der Waals surface area contributed by atoms with Crippen LogP contribution in [0.15, 0.2) is 16.6 Å². The number of benzene rings is 1. The van der Waals surface area contributed by atoms with Crippen molar-refractivity contribution >= 4 is 15.9 Å². The first-order chi connectivity index (χ1) is 10.4. The van der Waals surface area contributed by atoms with Gasteiger partial charge in [-0.3, -0.25) is 4.90 Å². The Kier molecular flexibility index (Phi) is 6.17.